The molecule has 100 valence electrons. The van der Waals surface area contributed by atoms with Crippen LogP contribution in [0.2, 0.25) is 0 Å². The molecule has 1 heterocycles. The first-order chi connectivity index (χ1) is 9.30. The summed E-state index contributed by atoms with van der Waals surface area (Å²) in [7, 11) is 1.62. The number of isocyanates is 1. The second kappa shape index (κ2) is 4.68. The molecule has 3 rings (SSSR count). The maximum Gasteiger partial charge on any atom is 0.235 e. The SMILES string of the molecule is COc1ccc2c(c1C1(N=C=O)CCC1)COCO2. The standard InChI is InChI=1S/C14H15NO4/c1-17-12-4-3-11-10(7-18-9-19-11)13(12)14(15-8-16)5-2-6-14/h3-4H,2,5-7,9H2,1H3. The van der Waals surface area contributed by atoms with Gasteiger partial charge in [-0.25, -0.2) is 4.79 Å². The van der Waals surface area contributed by atoms with Crippen LogP contribution in [0.25, 0.3) is 0 Å². The van der Waals surface area contributed by atoms with Gasteiger partial charge >= 0.3 is 0 Å². The summed E-state index contributed by atoms with van der Waals surface area (Å²) in [5.41, 5.74) is 1.34. The van der Waals surface area contributed by atoms with E-state index < -0.39 is 5.54 Å². The van der Waals surface area contributed by atoms with Crippen LogP contribution >= 0.6 is 0 Å². The number of nitrogens with zero attached hydrogens (tertiary/aromatic N) is 1. The number of fused-ring (bicyclic) bond motifs is 1. The smallest absolute Gasteiger partial charge is 0.235 e. The number of methoxy groups -OCH3 is 1. The molecular formula is C14H15NO4. The molecule has 1 aromatic carbocycles. The van der Waals surface area contributed by atoms with Crippen molar-refractivity contribution in [3.63, 3.8) is 0 Å². The van der Waals surface area contributed by atoms with Gasteiger partial charge < -0.3 is 14.2 Å². The van der Waals surface area contributed by atoms with E-state index in [1.54, 1.807) is 13.2 Å². The van der Waals surface area contributed by atoms with E-state index in [0.717, 1.165) is 41.9 Å². The molecule has 1 aliphatic carbocycles. The van der Waals surface area contributed by atoms with Crippen LogP contribution in [0.3, 0.4) is 0 Å². The quantitative estimate of drug-likeness (QED) is 0.618. The van der Waals surface area contributed by atoms with Crippen LogP contribution in [0.4, 0.5) is 0 Å². The molecule has 0 atom stereocenters. The Morgan fingerprint density at radius 3 is 2.89 bits per heavy atom. The fraction of sp³-hybridized carbons (Fsp3) is 0.500. The van der Waals surface area contributed by atoms with Crippen molar-refractivity contribution in [2.75, 3.05) is 13.9 Å². The lowest BCUT2D eigenvalue weighted by Crippen LogP contribution is -2.34. The topological polar surface area (TPSA) is 57.1 Å². The Kier molecular flexibility index (Phi) is 3.01. The predicted molar refractivity (Wildman–Crippen MR) is 66.9 cm³/mol. The summed E-state index contributed by atoms with van der Waals surface area (Å²) in [6.45, 7) is 0.709. The molecule has 0 unspecified atom stereocenters. The van der Waals surface area contributed by atoms with E-state index in [0.29, 0.717) is 6.61 Å². The van der Waals surface area contributed by atoms with Gasteiger partial charge in [0, 0.05) is 11.1 Å². The molecule has 5 heteroatoms. The van der Waals surface area contributed by atoms with Crippen LogP contribution in [0, 0.1) is 0 Å². The highest BCUT2D eigenvalue weighted by atomic mass is 16.7. The molecule has 0 bridgehead atoms. The van der Waals surface area contributed by atoms with Crippen LogP contribution in [-0.4, -0.2) is 20.0 Å². The molecule has 1 aliphatic heterocycles. The second-order valence-corrected chi connectivity index (χ2v) is 4.82. The number of carbonyl (C=O) groups excluding carboxylic acids is 1. The number of aliphatic imine (C=N–C) groups is 1. The molecule has 0 radical (unpaired) electrons. The van der Waals surface area contributed by atoms with Crippen LogP contribution in [0.15, 0.2) is 17.1 Å². The fourth-order valence-electron chi connectivity index (χ4n) is 2.83. The number of benzene rings is 1. The van der Waals surface area contributed by atoms with Gasteiger partial charge in [0.2, 0.25) is 6.08 Å². The van der Waals surface area contributed by atoms with Crippen LogP contribution in [0.1, 0.15) is 30.4 Å². The van der Waals surface area contributed by atoms with Gasteiger partial charge in [-0.05, 0) is 31.4 Å². The summed E-state index contributed by atoms with van der Waals surface area (Å²) in [6.07, 6.45) is 4.40. The van der Waals surface area contributed by atoms with E-state index in [4.69, 9.17) is 14.2 Å². The maximum atomic E-state index is 10.8. The van der Waals surface area contributed by atoms with Gasteiger partial charge in [-0.2, -0.15) is 4.99 Å². The lowest BCUT2D eigenvalue weighted by atomic mass is 9.70. The zero-order chi connectivity index (χ0) is 13.3. The van der Waals surface area contributed by atoms with E-state index >= 15 is 0 Å². The highest BCUT2D eigenvalue weighted by Crippen LogP contribution is 2.51. The van der Waals surface area contributed by atoms with Gasteiger partial charge in [0.25, 0.3) is 0 Å². The third-order valence-electron chi connectivity index (χ3n) is 3.90. The van der Waals surface area contributed by atoms with Gasteiger partial charge in [-0.15, -0.1) is 0 Å². The molecular weight excluding hydrogens is 246 g/mol. The molecule has 0 amide bonds. The average Bonchev–Trinajstić information content (AvgIpc) is 2.42. The second-order valence-electron chi connectivity index (χ2n) is 4.82. The molecule has 5 nitrogen and oxygen atoms in total. The first kappa shape index (κ1) is 12.2. The molecule has 19 heavy (non-hydrogen) atoms. The molecule has 0 saturated heterocycles. The molecule has 1 saturated carbocycles. The highest BCUT2D eigenvalue weighted by molar-refractivity contribution is 5.55. The predicted octanol–water partition coefficient (Wildman–Crippen LogP) is 2.28. The Balaban J connectivity index is 2.19. The van der Waals surface area contributed by atoms with Crippen molar-refractivity contribution in [2.45, 2.75) is 31.4 Å². The van der Waals surface area contributed by atoms with Crippen LogP contribution in [-0.2, 0) is 21.7 Å². The number of ether oxygens (including phenoxy) is 3. The van der Waals surface area contributed by atoms with Crippen molar-refractivity contribution in [2.24, 2.45) is 4.99 Å². The van der Waals surface area contributed by atoms with E-state index in [1.165, 1.54) is 0 Å². The van der Waals surface area contributed by atoms with E-state index in [1.807, 2.05) is 12.1 Å². The first-order valence-electron chi connectivity index (χ1n) is 6.31. The molecule has 1 aromatic rings. The summed E-state index contributed by atoms with van der Waals surface area (Å²) >= 11 is 0. The lowest BCUT2D eigenvalue weighted by Gasteiger charge is -2.40. The summed E-state index contributed by atoms with van der Waals surface area (Å²) < 4.78 is 16.3. The Labute approximate surface area is 111 Å². The van der Waals surface area contributed by atoms with Crippen LogP contribution < -0.4 is 9.47 Å². The summed E-state index contributed by atoms with van der Waals surface area (Å²) in [5, 5.41) is 0. The summed E-state index contributed by atoms with van der Waals surface area (Å²) in [6, 6.07) is 3.73. The van der Waals surface area contributed by atoms with E-state index in [9.17, 15) is 4.79 Å². The number of hydrogen-bond donors (Lipinski definition) is 0. The highest BCUT2D eigenvalue weighted by Gasteiger charge is 2.44. The Hall–Kier alpha value is -1.84. The lowest BCUT2D eigenvalue weighted by molar-refractivity contribution is -0.0181. The van der Waals surface area contributed by atoms with Crippen molar-refractivity contribution in [3.8, 4) is 11.5 Å². The van der Waals surface area contributed by atoms with Gasteiger partial charge in [-0.1, -0.05) is 0 Å². The Morgan fingerprint density at radius 1 is 1.42 bits per heavy atom. The number of rotatable bonds is 3. The van der Waals surface area contributed by atoms with Crippen molar-refractivity contribution in [1.29, 1.82) is 0 Å². The van der Waals surface area contributed by atoms with E-state index in [2.05, 4.69) is 4.99 Å². The average molecular weight is 261 g/mol. The monoisotopic (exact) mass is 261 g/mol. The van der Waals surface area contributed by atoms with Gasteiger partial charge in [-0.3, -0.25) is 0 Å². The minimum Gasteiger partial charge on any atom is -0.496 e. The molecule has 2 aliphatic rings. The first-order valence-corrected chi connectivity index (χ1v) is 6.31. The fourth-order valence-corrected chi connectivity index (χ4v) is 2.83. The Bertz CT molecular complexity index is 545. The zero-order valence-electron chi connectivity index (χ0n) is 10.8. The normalized spacial score (nSPS) is 19.4. The minimum absolute atomic E-state index is 0.253. The van der Waals surface area contributed by atoms with Crippen molar-refractivity contribution >= 4 is 6.08 Å². The van der Waals surface area contributed by atoms with Crippen LogP contribution in [0.5, 0.6) is 11.5 Å². The third-order valence-corrected chi connectivity index (χ3v) is 3.90. The molecule has 0 N–H and O–H groups in total. The minimum atomic E-state index is -0.511. The van der Waals surface area contributed by atoms with Crippen molar-refractivity contribution in [3.05, 3.63) is 23.3 Å². The summed E-state index contributed by atoms with van der Waals surface area (Å²) in [5.74, 6) is 1.51. The largest absolute Gasteiger partial charge is 0.496 e. The molecule has 0 aromatic heterocycles. The van der Waals surface area contributed by atoms with Gasteiger partial charge in [0.15, 0.2) is 6.79 Å². The van der Waals surface area contributed by atoms with Gasteiger partial charge in [0.05, 0.1) is 13.7 Å². The number of hydrogen-bond acceptors (Lipinski definition) is 5. The van der Waals surface area contributed by atoms with E-state index in [-0.39, 0.29) is 6.79 Å². The summed E-state index contributed by atoms with van der Waals surface area (Å²) in [4.78, 5) is 14.8. The maximum absolute atomic E-state index is 10.8. The third kappa shape index (κ3) is 1.82. The Morgan fingerprint density at radius 2 is 2.26 bits per heavy atom. The van der Waals surface area contributed by atoms with Gasteiger partial charge in [0.1, 0.15) is 17.0 Å². The molecule has 0 spiro atoms. The van der Waals surface area contributed by atoms with Crippen molar-refractivity contribution < 1.29 is 19.0 Å². The zero-order valence-corrected chi connectivity index (χ0v) is 10.8. The van der Waals surface area contributed by atoms with Crippen molar-refractivity contribution in [1.82, 2.24) is 0 Å². The molecule has 1 fully saturated rings.